The van der Waals surface area contributed by atoms with E-state index in [9.17, 15) is 0 Å². The van der Waals surface area contributed by atoms with Gasteiger partial charge in [-0.3, -0.25) is 4.99 Å². The maximum Gasteiger partial charge on any atom is 0.191 e. The minimum absolute atomic E-state index is 0.207. The summed E-state index contributed by atoms with van der Waals surface area (Å²) in [6, 6.07) is 3.89. The normalized spacial score (nSPS) is 12.6. The minimum atomic E-state index is 0.207. The van der Waals surface area contributed by atoms with Crippen LogP contribution < -0.4 is 10.6 Å². The molecule has 4 nitrogen and oxygen atoms in total. The lowest BCUT2D eigenvalue weighted by Gasteiger charge is -2.23. The molecule has 18 heavy (non-hydrogen) atoms. The fraction of sp³-hybridized carbons (Fsp3) is 0.615. The van der Waals surface area contributed by atoms with E-state index >= 15 is 0 Å². The van der Waals surface area contributed by atoms with E-state index in [2.05, 4.69) is 35.7 Å². The molecule has 0 saturated heterocycles. The highest BCUT2D eigenvalue weighted by molar-refractivity contribution is 7.99. The lowest BCUT2D eigenvalue weighted by Crippen LogP contribution is -2.43. The van der Waals surface area contributed by atoms with Crippen LogP contribution in [0.2, 0.25) is 0 Å². The van der Waals surface area contributed by atoms with E-state index in [0.717, 1.165) is 31.2 Å². The SMILES string of the molecule is CN=C(NCCc1ccco1)NCC(C)(C)SC. The second-order valence-electron chi connectivity index (χ2n) is 4.65. The van der Waals surface area contributed by atoms with Gasteiger partial charge < -0.3 is 15.1 Å². The molecule has 0 aliphatic rings. The highest BCUT2D eigenvalue weighted by Crippen LogP contribution is 2.19. The van der Waals surface area contributed by atoms with Gasteiger partial charge in [0.1, 0.15) is 5.76 Å². The summed E-state index contributed by atoms with van der Waals surface area (Å²) >= 11 is 1.84. The molecule has 0 saturated carbocycles. The first-order chi connectivity index (χ1) is 8.57. The first kappa shape index (κ1) is 15.0. The topological polar surface area (TPSA) is 49.6 Å². The summed E-state index contributed by atoms with van der Waals surface area (Å²) < 4.78 is 5.48. The molecule has 0 amide bonds. The van der Waals surface area contributed by atoms with Crippen molar-refractivity contribution in [2.45, 2.75) is 25.0 Å². The smallest absolute Gasteiger partial charge is 0.191 e. The van der Waals surface area contributed by atoms with E-state index in [0.29, 0.717) is 0 Å². The van der Waals surface area contributed by atoms with Crippen molar-refractivity contribution in [2.24, 2.45) is 4.99 Å². The molecule has 0 aliphatic carbocycles. The monoisotopic (exact) mass is 269 g/mol. The van der Waals surface area contributed by atoms with Crippen molar-refractivity contribution in [2.75, 3.05) is 26.4 Å². The van der Waals surface area contributed by atoms with Crippen LogP contribution in [-0.2, 0) is 6.42 Å². The van der Waals surface area contributed by atoms with Crippen LogP contribution in [0.25, 0.3) is 0 Å². The van der Waals surface area contributed by atoms with Crippen molar-refractivity contribution in [1.82, 2.24) is 10.6 Å². The van der Waals surface area contributed by atoms with Gasteiger partial charge in [0.15, 0.2) is 5.96 Å². The highest BCUT2D eigenvalue weighted by atomic mass is 32.2. The highest BCUT2D eigenvalue weighted by Gasteiger charge is 2.15. The Bertz CT molecular complexity index is 360. The summed E-state index contributed by atoms with van der Waals surface area (Å²) in [5, 5.41) is 6.60. The van der Waals surface area contributed by atoms with Gasteiger partial charge in [0.2, 0.25) is 0 Å². The summed E-state index contributed by atoms with van der Waals surface area (Å²) in [5.41, 5.74) is 0. The molecule has 0 spiro atoms. The standard InChI is InChI=1S/C13H23N3OS/c1-13(2,18-4)10-16-12(14-3)15-8-7-11-6-5-9-17-11/h5-6,9H,7-8,10H2,1-4H3,(H2,14,15,16). The summed E-state index contributed by atoms with van der Waals surface area (Å²) in [6.07, 6.45) is 4.68. The molecule has 0 bridgehead atoms. The van der Waals surface area contributed by atoms with Crippen LogP contribution in [-0.4, -0.2) is 37.1 Å². The van der Waals surface area contributed by atoms with Gasteiger partial charge in [0.05, 0.1) is 6.26 Å². The molecule has 1 aromatic heterocycles. The number of nitrogens with zero attached hydrogens (tertiary/aromatic N) is 1. The Balaban J connectivity index is 2.26. The van der Waals surface area contributed by atoms with Crippen LogP contribution in [0.4, 0.5) is 0 Å². The molecule has 1 rings (SSSR count). The Hall–Kier alpha value is -1.10. The van der Waals surface area contributed by atoms with E-state index in [4.69, 9.17) is 4.42 Å². The first-order valence-electron chi connectivity index (χ1n) is 6.09. The van der Waals surface area contributed by atoms with E-state index in [1.165, 1.54) is 0 Å². The molecule has 1 aromatic rings. The molecule has 2 N–H and O–H groups in total. The molecular formula is C13H23N3OS. The number of aliphatic imine (C=N–C) groups is 1. The second-order valence-corrected chi connectivity index (χ2v) is 6.16. The van der Waals surface area contributed by atoms with Gasteiger partial charge in [-0.15, -0.1) is 0 Å². The second kappa shape index (κ2) is 7.36. The van der Waals surface area contributed by atoms with Gasteiger partial charge in [0.25, 0.3) is 0 Å². The number of hydrogen-bond acceptors (Lipinski definition) is 3. The number of thioether (sulfide) groups is 1. The quantitative estimate of drug-likeness (QED) is 0.613. The maximum atomic E-state index is 5.28. The van der Waals surface area contributed by atoms with Crippen LogP contribution in [0.1, 0.15) is 19.6 Å². The van der Waals surface area contributed by atoms with E-state index in [1.807, 2.05) is 23.9 Å². The summed E-state index contributed by atoms with van der Waals surface area (Å²) in [6.45, 7) is 6.11. The fourth-order valence-corrected chi connectivity index (χ4v) is 1.56. The Morgan fingerprint density at radius 1 is 1.44 bits per heavy atom. The number of rotatable bonds is 6. The van der Waals surface area contributed by atoms with Crippen molar-refractivity contribution in [1.29, 1.82) is 0 Å². The van der Waals surface area contributed by atoms with Gasteiger partial charge in [-0.25, -0.2) is 0 Å². The van der Waals surface area contributed by atoms with Crippen LogP contribution in [0, 0.1) is 0 Å². The third-order valence-electron chi connectivity index (χ3n) is 2.70. The Labute approximate surface area is 114 Å². The fourth-order valence-electron chi connectivity index (χ4n) is 1.35. The van der Waals surface area contributed by atoms with Crippen molar-refractivity contribution in [3.05, 3.63) is 24.2 Å². The van der Waals surface area contributed by atoms with Gasteiger partial charge in [-0.05, 0) is 32.2 Å². The molecule has 1 heterocycles. The summed E-state index contributed by atoms with van der Waals surface area (Å²) in [5.74, 6) is 1.83. The zero-order valence-corrected chi connectivity index (χ0v) is 12.4. The Morgan fingerprint density at radius 3 is 2.78 bits per heavy atom. The molecule has 0 unspecified atom stereocenters. The largest absolute Gasteiger partial charge is 0.469 e. The molecule has 0 radical (unpaired) electrons. The van der Waals surface area contributed by atoms with Crippen LogP contribution in [0.3, 0.4) is 0 Å². The number of guanidine groups is 1. The number of hydrogen-bond donors (Lipinski definition) is 2. The van der Waals surface area contributed by atoms with Crippen LogP contribution >= 0.6 is 11.8 Å². The lowest BCUT2D eigenvalue weighted by molar-refractivity contribution is 0.506. The lowest BCUT2D eigenvalue weighted by atomic mass is 10.2. The summed E-state index contributed by atoms with van der Waals surface area (Å²) in [4.78, 5) is 4.20. The zero-order chi connectivity index (χ0) is 13.4. The average Bonchev–Trinajstić information content (AvgIpc) is 2.86. The van der Waals surface area contributed by atoms with Crippen molar-refractivity contribution >= 4 is 17.7 Å². The predicted octanol–water partition coefficient (Wildman–Crippen LogP) is 2.13. The zero-order valence-electron chi connectivity index (χ0n) is 11.6. The third-order valence-corrected chi connectivity index (χ3v) is 3.95. The van der Waals surface area contributed by atoms with Gasteiger partial charge in [0, 0.05) is 31.3 Å². The minimum Gasteiger partial charge on any atom is -0.469 e. The van der Waals surface area contributed by atoms with Gasteiger partial charge >= 0.3 is 0 Å². The van der Waals surface area contributed by atoms with Crippen molar-refractivity contribution < 1.29 is 4.42 Å². The van der Waals surface area contributed by atoms with Crippen molar-refractivity contribution in [3.8, 4) is 0 Å². The molecule has 0 fully saturated rings. The third kappa shape index (κ3) is 5.49. The molecule has 0 aromatic carbocycles. The maximum absolute atomic E-state index is 5.28. The molecule has 5 heteroatoms. The van der Waals surface area contributed by atoms with Crippen molar-refractivity contribution in [3.63, 3.8) is 0 Å². The number of nitrogens with one attached hydrogen (secondary N) is 2. The molecule has 102 valence electrons. The number of furan rings is 1. The van der Waals surface area contributed by atoms with Gasteiger partial charge in [-0.2, -0.15) is 11.8 Å². The van der Waals surface area contributed by atoms with E-state index in [-0.39, 0.29) is 4.75 Å². The van der Waals surface area contributed by atoms with Gasteiger partial charge in [-0.1, -0.05) is 0 Å². The Kier molecular flexibility index (Phi) is 6.12. The van der Waals surface area contributed by atoms with E-state index in [1.54, 1.807) is 13.3 Å². The average molecular weight is 269 g/mol. The molecular weight excluding hydrogens is 246 g/mol. The predicted molar refractivity (Wildman–Crippen MR) is 79.4 cm³/mol. The van der Waals surface area contributed by atoms with Crippen LogP contribution in [0.15, 0.2) is 27.8 Å². The molecule has 0 atom stereocenters. The van der Waals surface area contributed by atoms with E-state index < -0.39 is 0 Å². The van der Waals surface area contributed by atoms with Crippen LogP contribution in [0.5, 0.6) is 0 Å². The first-order valence-corrected chi connectivity index (χ1v) is 7.32. The molecule has 0 aliphatic heterocycles. The summed E-state index contributed by atoms with van der Waals surface area (Å²) in [7, 11) is 1.79. The Morgan fingerprint density at radius 2 is 2.22 bits per heavy atom.